The lowest BCUT2D eigenvalue weighted by atomic mass is 9.84. The van der Waals surface area contributed by atoms with E-state index in [1.807, 2.05) is 20.8 Å². The lowest BCUT2D eigenvalue weighted by Gasteiger charge is -2.31. The fourth-order valence-electron chi connectivity index (χ4n) is 2.93. The van der Waals surface area contributed by atoms with Crippen LogP contribution in [0.2, 0.25) is 0 Å². The van der Waals surface area contributed by atoms with Gasteiger partial charge in [-0.1, -0.05) is 20.8 Å². The molecule has 0 bridgehead atoms. The minimum atomic E-state index is -0.367. The molecule has 7 heteroatoms. The molecule has 0 aliphatic carbocycles. The first kappa shape index (κ1) is 30.0. The zero-order valence-corrected chi connectivity index (χ0v) is 21.7. The predicted molar refractivity (Wildman–Crippen MR) is 127 cm³/mol. The van der Waals surface area contributed by atoms with Crippen LogP contribution in [0.3, 0.4) is 0 Å². The van der Waals surface area contributed by atoms with Crippen molar-refractivity contribution in [1.82, 2.24) is 10.6 Å². The smallest absolute Gasteiger partial charge is 0.222 e. The molecule has 0 aromatic rings. The van der Waals surface area contributed by atoms with Gasteiger partial charge in [0.15, 0.2) is 5.78 Å². The molecule has 0 radical (unpaired) electrons. The van der Waals surface area contributed by atoms with Crippen LogP contribution in [0, 0.1) is 5.41 Å². The number of hydrogen-bond donors (Lipinski definition) is 2. The number of carbonyl (C=O) groups is 2. The molecule has 0 aliphatic heterocycles. The van der Waals surface area contributed by atoms with E-state index >= 15 is 0 Å². The van der Waals surface area contributed by atoms with Crippen LogP contribution in [0.1, 0.15) is 67.2 Å². The van der Waals surface area contributed by atoms with Gasteiger partial charge in [0.1, 0.15) is 6.54 Å². The molecule has 1 unspecified atom stereocenters. The summed E-state index contributed by atoms with van der Waals surface area (Å²) in [5.41, 5.74) is -0.482. The largest absolute Gasteiger partial charge is 0.379 e. The number of carbonyl (C=O) groups excluding carboxylic acids is 2. The number of likely N-dealkylation sites (N-methyl/N-ethyl adjacent to an activating group) is 1. The Hall–Kier alpha value is -1.02. The lowest BCUT2D eigenvalue weighted by Crippen LogP contribution is -2.50. The normalized spacial score (nSPS) is 13.8. The van der Waals surface area contributed by atoms with Crippen LogP contribution in [0.5, 0.6) is 0 Å². The van der Waals surface area contributed by atoms with Crippen LogP contribution in [0.25, 0.3) is 0 Å². The Morgan fingerprint density at radius 3 is 1.97 bits per heavy atom. The molecule has 0 aromatic heterocycles. The molecule has 7 nitrogen and oxygen atoms in total. The minimum Gasteiger partial charge on any atom is -0.379 e. The molecule has 2 N–H and O–H groups in total. The van der Waals surface area contributed by atoms with Gasteiger partial charge in [0, 0.05) is 23.9 Å². The first-order valence-corrected chi connectivity index (χ1v) is 11.7. The summed E-state index contributed by atoms with van der Waals surface area (Å²) in [6.07, 6.45) is 2.87. The number of nitrogens with zero attached hydrogens (tertiary/aromatic N) is 1. The van der Waals surface area contributed by atoms with E-state index < -0.39 is 0 Å². The Kier molecular flexibility index (Phi) is 13.7. The quantitative estimate of drug-likeness (QED) is 0.283. The maximum atomic E-state index is 12.7. The number of hydrogen-bond acceptors (Lipinski definition) is 5. The second-order valence-corrected chi connectivity index (χ2v) is 11.4. The Morgan fingerprint density at radius 1 is 0.871 bits per heavy atom. The lowest BCUT2D eigenvalue weighted by molar-refractivity contribution is -0.870. The van der Waals surface area contributed by atoms with Crippen molar-refractivity contribution < 1.29 is 23.5 Å². The van der Waals surface area contributed by atoms with E-state index in [0.29, 0.717) is 39.4 Å². The Bertz CT molecular complexity index is 516. The Labute approximate surface area is 191 Å². The van der Waals surface area contributed by atoms with E-state index in [-0.39, 0.29) is 28.7 Å². The van der Waals surface area contributed by atoms with Crippen LogP contribution in [0.4, 0.5) is 0 Å². The molecule has 0 spiro atoms. The predicted octanol–water partition coefficient (Wildman–Crippen LogP) is 2.77. The highest BCUT2D eigenvalue weighted by Crippen LogP contribution is 2.21. The monoisotopic (exact) mass is 444 g/mol. The molecule has 0 aromatic carbocycles. The Morgan fingerprint density at radius 2 is 1.45 bits per heavy atom. The van der Waals surface area contributed by atoms with E-state index in [4.69, 9.17) is 9.47 Å². The van der Waals surface area contributed by atoms with Gasteiger partial charge in [-0.2, -0.15) is 0 Å². The highest BCUT2D eigenvalue weighted by atomic mass is 16.5. The topological polar surface area (TPSA) is 76.7 Å². The summed E-state index contributed by atoms with van der Waals surface area (Å²) in [5.74, 6) is 0.242. The summed E-state index contributed by atoms with van der Waals surface area (Å²) in [4.78, 5) is 24.7. The number of nitrogens with one attached hydrogen (secondary N) is 2. The number of Topliss-reactive ketones (excluding diaryl/α,β-unsaturated/α-hetero) is 1. The second kappa shape index (κ2) is 14.2. The first-order chi connectivity index (χ1) is 14.1. The number of amides is 1. The van der Waals surface area contributed by atoms with Crippen molar-refractivity contribution in [1.29, 1.82) is 0 Å². The molecule has 31 heavy (non-hydrogen) atoms. The number of unbranched alkanes of at least 4 members (excludes halogenated alkanes) is 1. The third-order valence-electron chi connectivity index (χ3n) is 4.66. The molecular formula is C24H50N3O4+. The van der Waals surface area contributed by atoms with Gasteiger partial charge >= 0.3 is 0 Å². The molecule has 0 heterocycles. The van der Waals surface area contributed by atoms with Crippen molar-refractivity contribution in [2.75, 3.05) is 60.7 Å². The highest BCUT2D eigenvalue weighted by molar-refractivity contribution is 5.88. The molecule has 0 rings (SSSR count). The van der Waals surface area contributed by atoms with Crippen molar-refractivity contribution in [2.45, 2.75) is 78.8 Å². The summed E-state index contributed by atoms with van der Waals surface area (Å²) in [6, 6.07) is -0.159. The van der Waals surface area contributed by atoms with Crippen molar-refractivity contribution in [2.24, 2.45) is 5.41 Å². The minimum absolute atomic E-state index is 0.00100. The standard InChI is InChI=1S/C24H49N3O4/c1-23(2,3)22(29)20(26-24(4,5)6)12-10-11-14-25-21(28)13-16-30-18-19-31-17-15-27(7,8)9/h20,26H,10-19H2,1-9H3/p+1. The van der Waals surface area contributed by atoms with Gasteiger partial charge in [0.05, 0.1) is 53.6 Å². The fraction of sp³-hybridized carbons (Fsp3) is 0.917. The highest BCUT2D eigenvalue weighted by Gasteiger charge is 2.31. The van der Waals surface area contributed by atoms with E-state index in [0.717, 1.165) is 30.3 Å². The van der Waals surface area contributed by atoms with E-state index in [1.54, 1.807) is 0 Å². The molecule has 0 saturated carbocycles. The molecule has 1 amide bonds. The number of ketones is 1. The summed E-state index contributed by atoms with van der Waals surface area (Å²) >= 11 is 0. The third-order valence-corrected chi connectivity index (χ3v) is 4.66. The average Bonchev–Trinajstić information content (AvgIpc) is 2.59. The van der Waals surface area contributed by atoms with E-state index in [9.17, 15) is 9.59 Å². The van der Waals surface area contributed by atoms with E-state index in [1.165, 1.54) is 0 Å². The zero-order chi connectivity index (χ0) is 24.1. The van der Waals surface area contributed by atoms with Gasteiger partial charge in [0.2, 0.25) is 5.91 Å². The first-order valence-electron chi connectivity index (χ1n) is 11.7. The maximum absolute atomic E-state index is 12.7. The summed E-state index contributed by atoms with van der Waals surface area (Å²) < 4.78 is 11.9. The summed E-state index contributed by atoms with van der Waals surface area (Å²) in [6.45, 7) is 15.9. The molecule has 184 valence electrons. The van der Waals surface area contributed by atoms with Gasteiger partial charge in [-0.15, -0.1) is 0 Å². The number of rotatable bonds is 16. The van der Waals surface area contributed by atoms with Gasteiger partial charge in [-0.25, -0.2) is 0 Å². The SMILES string of the molecule is CC(C)(C)NC(CCCCNC(=O)CCOCCOCC[N+](C)(C)C)C(=O)C(C)(C)C. The second-order valence-electron chi connectivity index (χ2n) is 11.4. The van der Waals surface area contributed by atoms with Crippen molar-refractivity contribution in [3.05, 3.63) is 0 Å². The number of quaternary nitrogens is 1. The maximum Gasteiger partial charge on any atom is 0.222 e. The van der Waals surface area contributed by atoms with Crippen LogP contribution >= 0.6 is 0 Å². The van der Waals surface area contributed by atoms with Gasteiger partial charge in [-0.3, -0.25) is 9.59 Å². The van der Waals surface area contributed by atoms with E-state index in [2.05, 4.69) is 52.5 Å². The molecule has 0 saturated heterocycles. The number of ether oxygens (including phenoxy) is 2. The molecule has 0 aliphatic rings. The van der Waals surface area contributed by atoms with Gasteiger partial charge in [0.25, 0.3) is 0 Å². The zero-order valence-electron chi connectivity index (χ0n) is 21.7. The van der Waals surface area contributed by atoms with Crippen LogP contribution in [0.15, 0.2) is 0 Å². The van der Waals surface area contributed by atoms with Crippen LogP contribution in [-0.4, -0.2) is 88.4 Å². The van der Waals surface area contributed by atoms with Crippen molar-refractivity contribution >= 4 is 11.7 Å². The van der Waals surface area contributed by atoms with Crippen LogP contribution in [-0.2, 0) is 19.1 Å². The van der Waals surface area contributed by atoms with Crippen LogP contribution < -0.4 is 10.6 Å². The van der Waals surface area contributed by atoms with Gasteiger partial charge in [-0.05, 0) is 40.0 Å². The Balaban J connectivity index is 3.90. The van der Waals surface area contributed by atoms with Gasteiger partial charge < -0.3 is 24.6 Å². The molecular weight excluding hydrogens is 394 g/mol. The third kappa shape index (κ3) is 18.3. The molecule has 1 atom stereocenters. The molecule has 0 fully saturated rings. The summed E-state index contributed by atoms with van der Waals surface area (Å²) in [7, 11) is 6.39. The van der Waals surface area contributed by atoms with Crippen molar-refractivity contribution in [3.63, 3.8) is 0 Å². The van der Waals surface area contributed by atoms with Crippen molar-refractivity contribution in [3.8, 4) is 0 Å². The fourth-order valence-corrected chi connectivity index (χ4v) is 2.93. The summed E-state index contributed by atoms with van der Waals surface area (Å²) in [5, 5.41) is 6.39. The average molecular weight is 445 g/mol.